The van der Waals surface area contributed by atoms with E-state index >= 15 is 0 Å². The summed E-state index contributed by atoms with van der Waals surface area (Å²) in [5.41, 5.74) is 9.81. The van der Waals surface area contributed by atoms with E-state index in [0.29, 0.717) is 0 Å². The molecule has 0 saturated carbocycles. The largest absolute Gasteiger partial charge is 0.455 e. The van der Waals surface area contributed by atoms with Crippen molar-refractivity contribution >= 4 is 49.6 Å². The number of anilines is 3. The molecule has 0 atom stereocenters. The molecule has 0 aliphatic rings. The van der Waals surface area contributed by atoms with E-state index in [1.54, 1.807) is 0 Å². The Kier molecular flexibility index (Phi) is 6.84. The zero-order chi connectivity index (χ0) is 31.9. The summed E-state index contributed by atoms with van der Waals surface area (Å²) >= 11 is 0. The molecule has 1 aromatic heterocycles. The van der Waals surface area contributed by atoms with Crippen molar-refractivity contribution in [2.24, 2.45) is 0 Å². The predicted molar refractivity (Wildman–Crippen MR) is 202 cm³/mol. The highest BCUT2D eigenvalue weighted by molar-refractivity contribution is 6.05. The second-order valence-electron chi connectivity index (χ2n) is 12.2. The number of benzene rings is 8. The third-order valence-electron chi connectivity index (χ3n) is 9.23. The van der Waals surface area contributed by atoms with Crippen molar-refractivity contribution in [2.75, 3.05) is 4.90 Å². The normalized spacial score (nSPS) is 11.3. The SMILES string of the molecule is c1ccc(N(c2ccccc2)c2ccc(-c3ccc4c(-c5ccc6ccccc6c5)c(-c5ccc6ccccc6c5)oc4c3)cc2)cc1. The van der Waals surface area contributed by atoms with Gasteiger partial charge in [0.1, 0.15) is 11.3 Å². The first-order valence-corrected chi connectivity index (χ1v) is 16.3. The van der Waals surface area contributed by atoms with E-state index < -0.39 is 0 Å². The second-order valence-corrected chi connectivity index (χ2v) is 12.2. The zero-order valence-electron chi connectivity index (χ0n) is 26.3. The van der Waals surface area contributed by atoms with Crippen LogP contribution in [-0.4, -0.2) is 0 Å². The molecule has 2 nitrogen and oxygen atoms in total. The number of hydrogen-bond donors (Lipinski definition) is 0. The summed E-state index contributed by atoms with van der Waals surface area (Å²) in [6, 6.07) is 66.7. The minimum Gasteiger partial charge on any atom is -0.455 e. The molecule has 48 heavy (non-hydrogen) atoms. The summed E-state index contributed by atoms with van der Waals surface area (Å²) < 4.78 is 6.83. The molecular weight excluding hydrogens is 583 g/mol. The quantitative estimate of drug-likeness (QED) is 0.185. The van der Waals surface area contributed by atoms with Crippen molar-refractivity contribution in [3.05, 3.63) is 188 Å². The Morgan fingerprint density at radius 2 is 0.812 bits per heavy atom. The van der Waals surface area contributed by atoms with E-state index in [1.807, 2.05) is 0 Å². The molecule has 9 rings (SSSR count). The Morgan fingerprint density at radius 1 is 0.333 bits per heavy atom. The lowest BCUT2D eigenvalue weighted by Crippen LogP contribution is -2.09. The van der Waals surface area contributed by atoms with E-state index in [1.165, 1.54) is 21.5 Å². The molecule has 8 aromatic carbocycles. The Bertz CT molecular complexity index is 2510. The lowest BCUT2D eigenvalue weighted by Gasteiger charge is -2.25. The van der Waals surface area contributed by atoms with E-state index in [9.17, 15) is 0 Å². The van der Waals surface area contributed by atoms with Gasteiger partial charge in [-0.25, -0.2) is 0 Å². The highest BCUT2D eigenvalue weighted by Gasteiger charge is 2.20. The van der Waals surface area contributed by atoms with E-state index in [0.717, 1.165) is 61.6 Å². The Hall–Kier alpha value is -6.38. The Morgan fingerprint density at radius 3 is 1.44 bits per heavy atom. The average molecular weight is 614 g/mol. The molecule has 226 valence electrons. The lowest BCUT2D eigenvalue weighted by atomic mass is 9.94. The fourth-order valence-electron chi connectivity index (χ4n) is 6.85. The van der Waals surface area contributed by atoms with E-state index in [4.69, 9.17) is 4.42 Å². The van der Waals surface area contributed by atoms with Gasteiger partial charge in [-0.15, -0.1) is 0 Å². The Labute approximate surface area is 279 Å². The number of rotatable bonds is 6. The maximum atomic E-state index is 6.83. The fourth-order valence-corrected chi connectivity index (χ4v) is 6.85. The number of furan rings is 1. The summed E-state index contributed by atoms with van der Waals surface area (Å²) in [5.74, 6) is 0.889. The number of fused-ring (bicyclic) bond motifs is 3. The minimum absolute atomic E-state index is 0.873. The van der Waals surface area contributed by atoms with Crippen molar-refractivity contribution < 1.29 is 4.42 Å². The predicted octanol–water partition coefficient (Wildman–Crippen LogP) is 13.2. The second kappa shape index (κ2) is 11.8. The van der Waals surface area contributed by atoms with Crippen molar-refractivity contribution in [1.29, 1.82) is 0 Å². The molecule has 0 bridgehead atoms. The van der Waals surface area contributed by atoms with Gasteiger partial charge in [0.15, 0.2) is 0 Å². The fraction of sp³-hybridized carbons (Fsp3) is 0. The van der Waals surface area contributed by atoms with Crippen molar-refractivity contribution in [3.63, 3.8) is 0 Å². The number of para-hydroxylation sites is 2. The molecule has 2 heteroatoms. The van der Waals surface area contributed by atoms with Gasteiger partial charge >= 0.3 is 0 Å². The first-order chi connectivity index (χ1) is 23.8. The van der Waals surface area contributed by atoms with Gasteiger partial charge in [0.25, 0.3) is 0 Å². The summed E-state index contributed by atoms with van der Waals surface area (Å²) in [7, 11) is 0. The standard InChI is InChI=1S/C46H31NO/c1-3-15-40(16-4-1)47(41-17-5-2-6-18-41)42-26-23-34(24-27-42)37-25-28-43-44(31-37)48-46(39-22-20-33-12-8-10-14-36(33)30-39)45(43)38-21-19-32-11-7-9-13-35(32)29-38/h1-31H. The number of hydrogen-bond acceptors (Lipinski definition) is 2. The van der Waals surface area contributed by atoms with Gasteiger partial charge in [-0.3, -0.25) is 0 Å². The summed E-state index contributed by atoms with van der Waals surface area (Å²) in [5, 5.41) is 5.96. The summed E-state index contributed by atoms with van der Waals surface area (Å²) in [4.78, 5) is 2.28. The molecule has 0 N–H and O–H groups in total. The molecule has 9 aromatic rings. The molecule has 0 radical (unpaired) electrons. The first kappa shape index (κ1) is 27.9. The van der Waals surface area contributed by atoms with Gasteiger partial charge in [0.2, 0.25) is 0 Å². The molecule has 0 amide bonds. The molecule has 0 aliphatic carbocycles. The Balaban J connectivity index is 1.16. The summed E-state index contributed by atoms with van der Waals surface area (Å²) in [6.45, 7) is 0. The molecule has 0 aliphatic heterocycles. The van der Waals surface area contributed by atoms with Gasteiger partial charge in [-0.2, -0.15) is 0 Å². The van der Waals surface area contributed by atoms with Crippen LogP contribution in [0.15, 0.2) is 192 Å². The average Bonchev–Trinajstić information content (AvgIpc) is 3.55. The third kappa shape index (κ3) is 5.01. The monoisotopic (exact) mass is 613 g/mol. The molecular formula is C46H31NO. The van der Waals surface area contributed by atoms with Crippen LogP contribution in [0, 0.1) is 0 Å². The number of nitrogens with zero attached hydrogens (tertiary/aromatic N) is 1. The topological polar surface area (TPSA) is 16.4 Å². The van der Waals surface area contributed by atoms with Crippen molar-refractivity contribution in [3.8, 4) is 33.6 Å². The van der Waals surface area contributed by atoms with Crippen LogP contribution in [0.4, 0.5) is 17.1 Å². The highest BCUT2D eigenvalue weighted by atomic mass is 16.3. The molecule has 0 fully saturated rings. The van der Waals surface area contributed by atoms with Crippen LogP contribution < -0.4 is 4.90 Å². The van der Waals surface area contributed by atoms with Gasteiger partial charge in [0.05, 0.1) is 0 Å². The van der Waals surface area contributed by atoms with Gasteiger partial charge in [-0.05, 0) is 98.9 Å². The van der Waals surface area contributed by atoms with Crippen molar-refractivity contribution in [1.82, 2.24) is 0 Å². The molecule has 1 heterocycles. The maximum Gasteiger partial charge on any atom is 0.143 e. The van der Waals surface area contributed by atoms with E-state index in [-0.39, 0.29) is 0 Å². The van der Waals surface area contributed by atoms with Crippen LogP contribution in [0.2, 0.25) is 0 Å². The minimum atomic E-state index is 0.873. The smallest absolute Gasteiger partial charge is 0.143 e. The molecule has 0 saturated heterocycles. The molecule has 0 spiro atoms. The van der Waals surface area contributed by atoms with Crippen LogP contribution in [0.25, 0.3) is 66.1 Å². The van der Waals surface area contributed by atoms with Crippen LogP contribution >= 0.6 is 0 Å². The van der Waals surface area contributed by atoms with Crippen LogP contribution in [0.3, 0.4) is 0 Å². The summed E-state index contributed by atoms with van der Waals surface area (Å²) in [6.07, 6.45) is 0. The maximum absolute atomic E-state index is 6.83. The van der Waals surface area contributed by atoms with Gasteiger partial charge in [0, 0.05) is 33.6 Å². The van der Waals surface area contributed by atoms with Crippen LogP contribution in [-0.2, 0) is 0 Å². The lowest BCUT2D eigenvalue weighted by molar-refractivity contribution is 0.633. The van der Waals surface area contributed by atoms with E-state index in [2.05, 4.69) is 193 Å². The first-order valence-electron chi connectivity index (χ1n) is 16.3. The van der Waals surface area contributed by atoms with Gasteiger partial charge in [-0.1, -0.05) is 127 Å². The van der Waals surface area contributed by atoms with Gasteiger partial charge < -0.3 is 9.32 Å². The molecule has 0 unspecified atom stereocenters. The third-order valence-corrected chi connectivity index (χ3v) is 9.23. The van der Waals surface area contributed by atoms with Crippen LogP contribution in [0.5, 0.6) is 0 Å². The zero-order valence-corrected chi connectivity index (χ0v) is 26.3. The van der Waals surface area contributed by atoms with Crippen LogP contribution in [0.1, 0.15) is 0 Å². The highest BCUT2D eigenvalue weighted by Crippen LogP contribution is 2.44. The van der Waals surface area contributed by atoms with Crippen molar-refractivity contribution in [2.45, 2.75) is 0 Å².